The predicted molar refractivity (Wildman–Crippen MR) is 208 cm³/mol. The van der Waals surface area contributed by atoms with Gasteiger partial charge >= 0.3 is 18.1 Å². The van der Waals surface area contributed by atoms with E-state index < -0.39 is 47.6 Å². The Hall–Kier alpha value is -2.96. The van der Waals surface area contributed by atoms with Gasteiger partial charge in [0.05, 0.1) is 17.6 Å². The minimum atomic E-state index is -4.64. The molecule has 55 heavy (non-hydrogen) atoms. The van der Waals surface area contributed by atoms with Crippen molar-refractivity contribution in [3.05, 3.63) is 40.7 Å². The number of carbonyl (C=O) groups excluding carboxylic acids is 3. The van der Waals surface area contributed by atoms with Crippen molar-refractivity contribution in [2.45, 2.75) is 193 Å². The largest absolute Gasteiger partial charge is 0.481 e. The molecule has 0 aromatic heterocycles. The van der Waals surface area contributed by atoms with Crippen molar-refractivity contribution in [1.29, 1.82) is 0 Å². The molecule has 0 unspecified atom stereocenters. The molecule has 2 heterocycles. The van der Waals surface area contributed by atoms with E-state index in [2.05, 4.69) is 11.8 Å². The summed E-state index contributed by atoms with van der Waals surface area (Å²) < 4.78 is 49.2. The highest BCUT2D eigenvalue weighted by atomic mass is 19.4. The first-order valence-corrected chi connectivity index (χ1v) is 20.1. The Morgan fingerprint density at radius 1 is 1.00 bits per heavy atom. The number of aryl methyl sites for hydroxylation is 1. The van der Waals surface area contributed by atoms with Crippen LogP contribution in [-0.4, -0.2) is 77.0 Å². The molecule has 0 amide bonds. The highest BCUT2D eigenvalue weighted by Crippen LogP contribution is 2.61. The van der Waals surface area contributed by atoms with E-state index in [-0.39, 0.29) is 32.9 Å². The van der Waals surface area contributed by atoms with Gasteiger partial charge in [0.15, 0.2) is 12.2 Å². The molecule has 3 aliphatic rings. The van der Waals surface area contributed by atoms with Crippen LogP contribution in [0.1, 0.15) is 160 Å². The number of aliphatic hydroxyl groups excluding tert-OH is 1. The van der Waals surface area contributed by atoms with Crippen molar-refractivity contribution < 1.29 is 52.0 Å². The van der Waals surface area contributed by atoms with Crippen LogP contribution in [0.2, 0.25) is 0 Å². The first-order valence-electron chi connectivity index (χ1n) is 20.1. The second kappa shape index (κ2) is 22.7. The number of ether oxygens (including phenoxy) is 3. The van der Waals surface area contributed by atoms with Gasteiger partial charge in [0.1, 0.15) is 11.5 Å². The highest BCUT2D eigenvalue weighted by molar-refractivity contribution is 5.80. The maximum Gasteiger partial charge on any atom is 0.446 e. The van der Waals surface area contributed by atoms with Gasteiger partial charge in [-0.3, -0.25) is 9.59 Å². The van der Waals surface area contributed by atoms with E-state index in [9.17, 15) is 33.0 Å². The van der Waals surface area contributed by atoms with Crippen LogP contribution in [0.4, 0.5) is 13.2 Å². The average Bonchev–Trinajstić information content (AvgIpc) is 3.50. The number of aliphatic hydroxyl groups is 2. The fraction of sp³-hybridized carbons (Fsp3) is 0.744. The molecule has 314 valence electrons. The van der Waals surface area contributed by atoms with Gasteiger partial charge in [-0.1, -0.05) is 116 Å². The number of halogens is 3. The summed E-state index contributed by atoms with van der Waals surface area (Å²) >= 11 is 0. The summed E-state index contributed by atoms with van der Waals surface area (Å²) in [5.41, 5.74) is 0.442. The lowest BCUT2D eigenvalue weighted by Gasteiger charge is -2.58. The maximum atomic E-state index is 13.3. The third kappa shape index (κ3) is 12.5. The fourth-order valence-corrected chi connectivity index (χ4v) is 8.34. The Kier molecular flexibility index (Phi) is 19.9. The lowest BCUT2D eigenvalue weighted by Crippen LogP contribution is -2.71. The summed E-state index contributed by atoms with van der Waals surface area (Å²) in [5, 5.41) is 22.5. The number of hydrogen-bond donors (Lipinski definition) is 2. The van der Waals surface area contributed by atoms with E-state index in [0.717, 1.165) is 36.9 Å². The molecule has 1 aromatic rings. The summed E-state index contributed by atoms with van der Waals surface area (Å²) in [6.07, 6.45) is 14.3. The van der Waals surface area contributed by atoms with Gasteiger partial charge in [0.2, 0.25) is 6.29 Å². The van der Waals surface area contributed by atoms with E-state index in [4.69, 9.17) is 19.0 Å². The second-order valence-electron chi connectivity index (χ2n) is 15.4. The van der Waals surface area contributed by atoms with Crippen LogP contribution >= 0.6 is 0 Å². The van der Waals surface area contributed by atoms with Gasteiger partial charge in [-0.2, -0.15) is 13.2 Å². The zero-order valence-corrected chi connectivity index (χ0v) is 33.1. The maximum absolute atomic E-state index is 13.3. The van der Waals surface area contributed by atoms with Gasteiger partial charge < -0.3 is 29.3 Å². The first-order chi connectivity index (χ1) is 25.7. The van der Waals surface area contributed by atoms with E-state index in [1.54, 1.807) is 6.08 Å². The van der Waals surface area contributed by atoms with Crippen LogP contribution in [0.15, 0.2) is 24.0 Å². The van der Waals surface area contributed by atoms with Crippen LogP contribution in [0, 0.1) is 6.92 Å². The molecular formula is C43H68F3NO8. The molecule has 0 bridgehead atoms. The number of fused-ring (bicyclic) bond motifs is 1. The molecule has 2 aliphatic heterocycles. The van der Waals surface area contributed by atoms with Crippen molar-refractivity contribution >= 4 is 18.2 Å². The van der Waals surface area contributed by atoms with Crippen LogP contribution in [0.25, 0.3) is 0 Å². The fourth-order valence-electron chi connectivity index (χ4n) is 8.34. The molecule has 5 atom stereocenters. The lowest BCUT2D eigenvalue weighted by molar-refractivity contribution is -0.171. The first kappa shape index (κ1) is 48.2. The SMILES string of the molecule is C.CCCCCCCCCCCCCCCCCC(=O)O[C@@H](C)C(=O)OC1=CC[C@@]2(O)[C@@H](C)N(C)CC[C@@]23c2c(C)ccc(CO)c2O[C@@H]13.O=CC(F)(F)F. The Morgan fingerprint density at radius 2 is 1.53 bits per heavy atom. The van der Waals surface area contributed by atoms with Gasteiger partial charge in [-0.25, -0.2) is 4.79 Å². The molecule has 12 heteroatoms. The number of piperidine rings is 1. The zero-order chi connectivity index (χ0) is 39.9. The summed E-state index contributed by atoms with van der Waals surface area (Å²) in [6.45, 7) is 8.34. The number of nitrogens with zero attached hydrogens (tertiary/aromatic N) is 1. The third-order valence-electron chi connectivity index (χ3n) is 11.6. The van der Waals surface area contributed by atoms with E-state index in [0.29, 0.717) is 23.5 Å². The molecule has 1 aliphatic carbocycles. The molecule has 4 rings (SSSR count). The topological polar surface area (TPSA) is 123 Å². The summed E-state index contributed by atoms with van der Waals surface area (Å²) in [5.74, 6) is -0.170. The van der Waals surface area contributed by atoms with E-state index in [1.165, 1.54) is 84.0 Å². The predicted octanol–water partition coefficient (Wildman–Crippen LogP) is 9.35. The number of hydrogen-bond acceptors (Lipinski definition) is 9. The van der Waals surface area contributed by atoms with Gasteiger partial charge in [0.25, 0.3) is 0 Å². The number of unbranched alkanes of at least 4 members (excludes halogenated alkanes) is 14. The Balaban J connectivity index is 0.00000138. The number of aldehydes is 1. The number of alkyl halides is 3. The summed E-state index contributed by atoms with van der Waals surface area (Å²) in [4.78, 5) is 36.7. The minimum Gasteiger partial charge on any atom is -0.481 e. The van der Waals surface area contributed by atoms with Crippen molar-refractivity contribution in [3.63, 3.8) is 0 Å². The molecule has 1 spiro atoms. The molecule has 0 saturated carbocycles. The molecule has 9 nitrogen and oxygen atoms in total. The van der Waals surface area contributed by atoms with Crippen molar-refractivity contribution in [2.75, 3.05) is 13.6 Å². The van der Waals surface area contributed by atoms with Crippen molar-refractivity contribution in [3.8, 4) is 5.75 Å². The molecule has 2 N–H and O–H groups in total. The highest BCUT2D eigenvalue weighted by Gasteiger charge is 2.69. The Labute approximate surface area is 327 Å². The van der Waals surface area contributed by atoms with Crippen LogP contribution in [-0.2, 0) is 35.9 Å². The normalized spacial score (nSPS) is 23.3. The minimum absolute atomic E-state index is 0. The molecule has 1 fully saturated rings. The van der Waals surface area contributed by atoms with Crippen molar-refractivity contribution in [1.82, 2.24) is 4.90 Å². The number of benzene rings is 1. The number of esters is 2. The molecule has 0 radical (unpaired) electrons. The number of likely N-dealkylation sites (tertiary alicyclic amines) is 1. The van der Waals surface area contributed by atoms with Crippen LogP contribution in [0.5, 0.6) is 5.75 Å². The third-order valence-corrected chi connectivity index (χ3v) is 11.6. The lowest BCUT2D eigenvalue weighted by atomic mass is 9.54. The van der Waals surface area contributed by atoms with Gasteiger partial charge in [0, 0.05) is 30.0 Å². The Bertz CT molecular complexity index is 1400. The molecule has 1 saturated heterocycles. The molecule has 1 aromatic carbocycles. The Morgan fingerprint density at radius 3 is 2.04 bits per heavy atom. The zero-order valence-electron chi connectivity index (χ0n) is 33.1. The van der Waals surface area contributed by atoms with E-state index >= 15 is 0 Å². The number of rotatable bonds is 20. The number of likely N-dealkylation sites (N-methyl/N-ethyl adjacent to an activating group) is 1. The van der Waals surface area contributed by atoms with Crippen LogP contribution in [0.3, 0.4) is 0 Å². The summed E-state index contributed by atoms with van der Waals surface area (Å²) in [6, 6.07) is 3.61. The number of carbonyl (C=O) groups is 3. The monoisotopic (exact) mass is 783 g/mol. The van der Waals surface area contributed by atoms with Gasteiger partial charge in [-0.05, 0) is 58.8 Å². The van der Waals surface area contributed by atoms with Gasteiger partial charge in [-0.15, -0.1) is 0 Å². The van der Waals surface area contributed by atoms with E-state index in [1.807, 2.05) is 33.0 Å². The quantitative estimate of drug-likeness (QED) is 0.0757. The standard InChI is InChI=1S/C40H63NO7.C2HF3O.CH4/c1-6-7-8-9-10-11-12-13-14-15-16-17-18-19-20-21-34(43)46-30(3)38(44)47-33-24-25-40(45)31(4)41(5)27-26-39(40)35-29(2)22-23-32(28-42)36(35)48-37(33)39;3-2(4,5)1-6;/h22-24,30-31,37,42,45H,6-21,25-28H2,1-5H3;1H;1H4/t30-,31+,37-,39-,40+;;/m0../s1. The van der Waals surface area contributed by atoms with Crippen LogP contribution < -0.4 is 4.74 Å². The average molecular weight is 784 g/mol. The van der Waals surface area contributed by atoms with Crippen molar-refractivity contribution in [2.24, 2.45) is 0 Å². The smallest absolute Gasteiger partial charge is 0.446 e. The summed E-state index contributed by atoms with van der Waals surface area (Å²) in [7, 11) is 2.01. The second-order valence-corrected chi connectivity index (χ2v) is 15.4. The molecular weight excluding hydrogens is 715 g/mol.